The minimum absolute atomic E-state index is 0.129. The molecule has 0 aliphatic carbocycles. The fraction of sp³-hybridized carbons (Fsp3) is 0.737. The molecule has 2 aliphatic heterocycles. The van der Waals surface area contributed by atoms with Gasteiger partial charge in [-0.1, -0.05) is 0 Å². The quantitative estimate of drug-likeness (QED) is 0.825. The van der Waals surface area contributed by atoms with E-state index >= 15 is 0 Å². The smallest absolute Gasteiger partial charge is 0.410 e. The second kappa shape index (κ2) is 7.68. The van der Waals surface area contributed by atoms with Gasteiger partial charge in [0.15, 0.2) is 0 Å². The van der Waals surface area contributed by atoms with Crippen molar-refractivity contribution in [1.29, 1.82) is 0 Å². The van der Waals surface area contributed by atoms with E-state index in [1.807, 2.05) is 27.8 Å². The molecular formula is C19H31N5O2. The number of aromatic nitrogens is 2. The average Bonchev–Trinajstić information content (AvgIpc) is 3.14. The van der Waals surface area contributed by atoms with Gasteiger partial charge in [0.1, 0.15) is 23.6 Å². The van der Waals surface area contributed by atoms with Gasteiger partial charge in [0.2, 0.25) is 0 Å². The van der Waals surface area contributed by atoms with E-state index in [1.54, 1.807) is 11.2 Å². The zero-order chi connectivity index (χ0) is 18.7. The molecule has 1 aromatic rings. The average molecular weight is 361 g/mol. The Morgan fingerprint density at radius 3 is 2.38 bits per heavy atom. The van der Waals surface area contributed by atoms with Crippen LogP contribution in [0.3, 0.4) is 0 Å². The zero-order valence-electron chi connectivity index (χ0n) is 16.4. The summed E-state index contributed by atoms with van der Waals surface area (Å²) < 4.78 is 5.52. The van der Waals surface area contributed by atoms with Crippen molar-refractivity contribution in [3.63, 3.8) is 0 Å². The molecule has 3 rings (SSSR count). The molecule has 2 aliphatic rings. The summed E-state index contributed by atoms with van der Waals surface area (Å²) in [6, 6.07) is 2.21. The summed E-state index contributed by atoms with van der Waals surface area (Å²) in [5.74, 6) is 1.96. The molecule has 2 saturated heterocycles. The highest BCUT2D eigenvalue weighted by Gasteiger charge is 2.30. The van der Waals surface area contributed by atoms with Crippen LogP contribution >= 0.6 is 0 Å². The molecule has 2 fully saturated rings. The fourth-order valence-electron chi connectivity index (χ4n) is 3.59. The Labute approximate surface area is 156 Å². The lowest BCUT2D eigenvalue weighted by Gasteiger charge is -2.38. The van der Waals surface area contributed by atoms with Crippen molar-refractivity contribution < 1.29 is 9.53 Å². The van der Waals surface area contributed by atoms with Gasteiger partial charge in [-0.05, 0) is 46.5 Å². The minimum atomic E-state index is -0.475. The van der Waals surface area contributed by atoms with Crippen LogP contribution < -0.4 is 9.80 Å². The molecule has 0 radical (unpaired) electrons. The molecule has 7 nitrogen and oxygen atoms in total. The van der Waals surface area contributed by atoms with E-state index in [2.05, 4.69) is 25.8 Å². The van der Waals surface area contributed by atoms with Gasteiger partial charge in [-0.2, -0.15) is 0 Å². The molecule has 0 aromatic carbocycles. The lowest BCUT2D eigenvalue weighted by atomic mass is 10.0. The van der Waals surface area contributed by atoms with Crippen molar-refractivity contribution in [3.8, 4) is 0 Å². The van der Waals surface area contributed by atoms with Crippen molar-refractivity contribution in [2.24, 2.45) is 0 Å². The highest BCUT2D eigenvalue weighted by Crippen LogP contribution is 2.25. The number of anilines is 2. The number of carbonyl (C=O) groups excluding carboxylic acids is 1. The first-order valence-electron chi connectivity index (χ1n) is 9.61. The van der Waals surface area contributed by atoms with Crippen molar-refractivity contribution in [1.82, 2.24) is 14.9 Å². The first-order chi connectivity index (χ1) is 12.3. The number of piperidine rings is 1. The first kappa shape index (κ1) is 18.7. The third kappa shape index (κ3) is 4.56. The Balaban J connectivity index is 1.66. The second-order valence-electron chi connectivity index (χ2n) is 8.26. The van der Waals surface area contributed by atoms with E-state index in [-0.39, 0.29) is 12.1 Å². The van der Waals surface area contributed by atoms with Crippen molar-refractivity contribution in [3.05, 3.63) is 12.4 Å². The number of ether oxygens (including phenoxy) is 1. The Hall–Kier alpha value is -2.05. The largest absolute Gasteiger partial charge is 0.444 e. The van der Waals surface area contributed by atoms with Crippen LogP contribution in [0.25, 0.3) is 0 Å². The van der Waals surface area contributed by atoms with Crippen molar-refractivity contribution in [2.45, 2.75) is 58.1 Å². The van der Waals surface area contributed by atoms with E-state index in [1.165, 1.54) is 12.8 Å². The van der Waals surface area contributed by atoms with Gasteiger partial charge >= 0.3 is 6.09 Å². The Morgan fingerprint density at radius 2 is 1.73 bits per heavy atom. The van der Waals surface area contributed by atoms with Crippen molar-refractivity contribution >= 4 is 17.7 Å². The summed E-state index contributed by atoms with van der Waals surface area (Å²) in [6.45, 7) is 9.55. The molecule has 26 heavy (non-hydrogen) atoms. The standard InChI is InChI=1S/C19H31N5O2/c1-19(2,3)26-18(25)22(4)15-8-7-11-24(13-15)17-12-16(20-14-21-17)23-9-5-6-10-23/h12,14-15H,5-11,13H2,1-4H3. The Kier molecular flexibility index (Phi) is 5.53. The van der Waals surface area contributed by atoms with E-state index in [4.69, 9.17) is 4.74 Å². The third-order valence-electron chi connectivity index (χ3n) is 5.02. The Bertz CT molecular complexity index is 625. The van der Waals surface area contributed by atoms with Crippen LogP contribution in [-0.2, 0) is 4.74 Å². The molecular weight excluding hydrogens is 330 g/mol. The summed E-state index contributed by atoms with van der Waals surface area (Å²) in [5.41, 5.74) is -0.475. The van der Waals surface area contributed by atoms with Crippen LogP contribution in [0.2, 0.25) is 0 Å². The number of rotatable bonds is 3. The van der Waals surface area contributed by atoms with Crippen LogP contribution in [0.4, 0.5) is 16.4 Å². The maximum atomic E-state index is 12.4. The molecule has 7 heteroatoms. The van der Waals surface area contributed by atoms with Gasteiger partial charge in [0, 0.05) is 39.3 Å². The highest BCUT2D eigenvalue weighted by molar-refractivity contribution is 5.68. The predicted molar refractivity (Wildman–Crippen MR) is 103 cm³/mol. The first-order valence-corrected chi connectivity index (χ1v) is 9.61. The predicted octanol–water partition coefficient (Wildman–Crippen LogP) is 2.91. The molecule has 0 saturated carbocycles. The number of nitrogens with zero attached hydrogens (tertiary/aromatic N) is 5. The van der Waals surface area contributed by atoms with Crippen molar-refractivity contribution in [2.75, 3.05) is 43.0 Å². The van der Waals surface area contributed by atoms with Gasteiger partial charge in [0.25, 0.3) is 0 Å². The monoisotopic (exact) mass is 361 g/mol. The number of hydrogen-bond donors (Lipinski definition) is 0. The van der Waals surface area contributed by atoms with E-state index in [0.717, 1.165) is 50.7 Å². The van der Waals surface area contributed by atoms with Crippen LogP contribution in [0.1, 0.15) is 46.5 Å². The van der Waals surface area contributed by atoms with Crippen LogP contribution in [-0.4, -0.2) is 65.8 Å². The molecule has 0 bridgehead atoms. The summed E-state index contributed by atoms with van der Waals surface area (Å²) in [5, 5.41) is 0. The molecule has 0 spiro atoms. The molecule has 0 N–H and O–H groups in total. The summed E-state index contributed by atoms with van der Waals surface area (Å²) in [4.78, 5) is 27.6. The molecule has 3 heterocycles. The summed E-state index contributed by atoms with van der Waals surface area (Å²) in [6.07, 6.45) is 5.86. The van der Waals surface area contributed by atoms with Gasteiger partial charge in [0.05, 0.1) is 6.04 Å². The SMILES string of the molecule is CN(C(=O)OC(C)(C)C)C1CCCN(c2cc(N3CCCC3)ncn2)C1. The number of amides is 1. The number of likely N-dealkylation sites (N-methyl/N-ethyl adjacent to an activating group) is 1. The second-order valence-corrected chi connectivity index (χ2v) is 8.26. The van der Waals surface area contributed by atoms with Gasteiger partial charge in [-0.15, -0.1) is 0 Å². The maximum Gasteiger partial charge on any atom is 0.410 e. The molecule has 1 aromatic heterocycles. The van der Waals surface area contributed by atoms with Gasteiger partial charge < -0.3 is 19.4 Å². The summed E-state index contributed by atoms with van der Waals surface area (Å²) >= 11 is 0. The Morgan fingerprint density at radius 1 is 1.12 bits per heavy atom. The topological polar surface area (TPSA) is 61.8 Å². The fourth-order valence-corrected chi connectivity index (χ4v) is 3.59. The third-order valence-corrected chi connectivity index (χ3v) is 5.02. The van der Waals surface area contributed by atoms with Gasteiger partial charge in [-0.3, -0.25) is 0 Å². The maximum absolute atomic E-state index is 12.4. The number of carbonyl (C=O) groups is 1. The number of hydrogen-bond acceptors (Lipinski definition) is 6. The van der Waals surface area contributed by atoms with Gasteiger partial charge in [-0.25, -0.2) is 14.8 Å². The molecule has 144 valence electrons. The highest BCUT2D eigenvalue weighted by atomic mass is 16.6. The minimum Gasteiger partial charge on any atom is -0.444 e. The lowest BCUT2D eigenvalue weighted by Crippen LogP contribution is -2.50. The summed E-state index contributed by atoms with van der Waals surface area (Å²) in [7, 11) is 1.83. The van der Waals surface area contributed by atoms with Crippen LogP contribution in [0, 0.1) is 0 Å². The lowest BCUT2D eigenvalue weighted by molar-refractivity contribution is 0.0209. The van der Waals surface area contributed by atoms with E-state index in [9.17, 15) is 4.79 Å². The normalized spacial score (nSPS) is 21.0. The zero-order valence-corrected chi connectivity index (χ0v) is 16.4. The molecule has 1 atom stereocenters. The van der Waals surface area contributed by atoms with Crippen LogP contribution in [0.5, 0.6) is 0 Å². The molecule has 1 unspecified atom stereocenters. The van der Waals surface area contributed by atoms with E-state index < -0.39 is 5.60 Å². The van der Waals surface area contributed by atoms with Crippen LogP contribution in [0.15, 0.2) is 12.4 Å². The van der Waals surface area contributed by atoms with E-state index in [0.29, 0.717) is 0 Å². The molecule has 1 amide bonds.